The van der Waals surface area contributed by atoms with Crippen LogP contribution < -0.4 is 10.2 Å². The molecule has 14 heavy (non-hydrogen) atoms. The number of rotatable bonds is 3. The number of aryl methyl sites for hydroxylation is 1. The second-order valence-electron chi connectivity index (χ2n) is 3.44. The third kappa shape index (κ3) is 1.95. The van der Waals surface area contributed by atoms with Crippen LogP contribution in [-0.4, -0.2) is 31.1 Å². The Balaban J connectivity index is 3.25. The lowest BCUT2D eigenvalue weighted by Gasteiger charge is -2.15. The highest BCUT2D eigenvalue weighted by Gasteiger charge is 2.09. The molecule has 4 nitrogen and oxygen atoms in total. The van der Waals surface area contributed by atoms with Crippen molar-refractivity contribution in [1.29, 1.82) is 0 Å². The van der Waals surface area contributed by atoms with E-state index in [2.05, 4.69) is 22.2 Å². The summed E-state index contributed by atoms with van der Waals surface area (Å²) in [5.74, 6) is 1.68. The van der Waals surface area contributed by atoms with Crippen LogP contribution in [0.3, 0.4) is 0 Å². The first-order chi connectivity index (χ1) is 6.60. The monoisotopic (exact) mass is 194 g/mol. The van der Waals surface area contributed by atoms with Gasteiger partial charge in [0.1, 0.15) is 5.82 Å². The van der Waals surface area contributed by atoms with Gasteiger partial charge in [-0.05, 0) is 13.3 Å². The van der Waals surface area contributed by atoms with E-state index >= 15 is 0 Å². The lowest BCUT2D eigenvalue weighted by Crippen LogP contribution is -2.15. The van der Waals surface area contributed by atoms with E-state index in [9.17, 15) is 0 Å². The Morgan fingerprint density at radius 3 is 2.36 bits per heavy atom. The largest absolute Gasteiger partial charge is 0.373 e. The lowest BCUT2D eigenvalue weighted by molar-refractivity contribution is 0.924. The van der Waals surface area contributed by atoms with Crippen LogP contribution in [-0.2, 0) is 6.42 Å². The van der Waals surface area contributed by atoms with Gasteiger partial charge in [-0.2, -0.15) is 4.98 Å². The molecule has 0 aromatic carbocycles. The normalized spacial score (nSPS) is 10.1. The Kier molecular flexibility index (Phi) is 3.28. The van der Waals surface area contributed by atoms with E-state index in [0.717, 1.165) is 29.4 Å². The Hall–Kier alpha value is -1.32. The van der Waals surface area contributed by atoms with Crippen molar-refractivity contribution < 1.29 is 0 Å². The first kappa shape index (κ1) is 10.8. The van der Waals surface area contributed by atoms with E-state index in [1.807, 2.05) is 33.0 Å². The Bertz CT molecular complexity index is 295. The van der Waals surface area contributed by atoms with E-state index in [4.69, 9.17) is 0 Å². The van der Waals surface area contributed by atoms with Crippen molar-refractivity contribution in [3.63, 3.8) is 0 Å². The zero-order valence-electron chi connectivity index (χ0n) is 9.55. The maximum Gasteiger partial charge on any atom is 0.227 e. The molecule has 0 bridgehead atoms. The number of nitrogens with one attached hydrogen (secondary N) is 1. The summed E-state index contributed by atoms with van der Waals surface area (Å²) in [5.41, 5.74) is 2.24. The third-order valence-corrected chi connectivity index (χ3v) is 2.21. The van der Waals surface area contributed by atoms with Gasteiger partial charge in [0.15, 0.2) is 0 Å². The van der Waals surface area contributed by atoms with Gasteiger partial charge in [-0.25, -0.2) is 4.98 Å². The fraction of sp³-hybridized carbons (Fsp3) is 0.600. The molecule has 0 atom stereocenters. The van der Waals surface area contributed by atoms with E-state index in [1.54, 1.807) is 0 Å². The summed E-state index contributed by atoms with van der Waals surface area (Å²) in [6, 6.07) is 0. The fourth-order valence-corrected chi connectivity index (χ4v) is 1.34. The van der Waals surface area contributed by atoms with Crippen molar-refractivity contribution in [1.82, 2.24) is 9.97 Å². The van der Waals surface area contributed by atoms with E-state index in [1.165, 1.54) is 0 Å². The van der Waals surface area contributed by atoms with Crippen LogP contribution in [0.25, 0.3) is 0 Å². The zero-order chi connectivity index (χ0) is 10.7. The van der Waals surface area contributed by atoms with Gasteiger partial charge in [-0.3, -0.25) is 0 Å². The van der Waals surface area contributed by atoms with Crippen LogP contribution in [0, 0.1) is 6.92 Å². The van der Waals surface area contributed by atoms with E-state index in [0.29, 0.717) is 0 Å². The second kappa shape index (κ2) is 4.26. The Labute approximate surface area is 85.4 Å². The number of hydrogen-bond acceptors (Lipinski definition) is 4. The van der Waals surface area contributed by atoms with Crippen molar-refractivity contribution >= 4 is 11.8 Å². The van der Waals surface area contributed by atoms with Crippen LogP contribution in [0.4, 0.5) is 11.8 Å². The molecule has 0 saturated carbocycles. The summed E-state index contributed by atoms with van der Waals surface area (Å²) in [6.45, 7) is 4.15. The minimum absolute atomic E-state index is 0.761. The van der Waals surface area contributed by atoms with Crippen molar-refractivity contribution in [3.05, 3.63) is 11.3 Å². The number of aromatic nitrogens is 2. The molecule has 1 heterocycles. The predicted octanol–water partition coefficient (Wildman–Crippen LogP) is 1.46. The zero-order valence-corrected chi connectivity index (χ0v) is 9.55. The minimum Gasteiger partial charge on any atom is -0.373 e. The molecule has 0 unspecified atom stereocenters. The standard InChI is InChI=1S/C10H18N4/c1-6-8-7(2)9(11-3)13-10(12-8)14(4)5/h6H2,1-5H3,(H,11,12,13). The van der Waals surface area contributed by atoms with Gasteiger partial charge in [0.2, 0.25) is 5.95 Å². The number of hydrogen-bond donors (Lipinski definition) is 1. The molecule has 0 aliphatic heterocycles. The number of anilines is 2. The van der Waals surface area contributed by atoms with Crippen molar-refractivity contribution in [2.45, 2.75) is 20.3 Å². The maximum atomic E-state index is 4.47. The molecule has 1 aromatic rings. The molecular weight excluding hydrogens is 176 g/mol. The van der Waals surface area contributed by atoms with Crippen molar-refractivity contribution in [2.24, 2.45) is 0 Å². The van der Waals surface area contributed by atoms with Gasteiger partial charge in [0.05, 0.1) is 5.69 Å². The fourth-order valence-electron chi connectivity index (χ4n) is 1.34. The van der Waals surface area contributed by atoms with Gasteiger partial charge in [0.25, 0.3) is 0 Å². The quantitative estimate of drug-likeness (QED) is 0.791. The van der Waals surface area contributed by atoms with Gasteiger partial charge in [0, 0.05) is 26.7 Å². The molecule has 1 aromatic heterocycles. The van der Waals surface area contributed by atoms with Gasteiger partial charge in [-0.1, -0.05) is 6.92 Å². The highest BCUT2D eigenvalue weighted by Crippen LogP contribution is 2.18. The smallest absolute Gasteiger partial charge is 0.227 e. The van der Waals surface area contributed by atoms with Crippen molar-refractivity contribution in [2.75, 3.05) is 31.4 Å². The lowest BCUT2D eigenvalue weighted by atomic mass is 10.2. The van der Waals surface area contributed by atoms with E-state index < -0.39 is 0 Å². The first-order valence-corrected chi connectivity index (χ1v) is 4.82. The van der Waals surface area contributed by atoms with Gasteiger partial charge >= 0.3 is 0 Å². The summed E-state index contributed by atoms with van der Waals surface area (Å²) in [4.78, 5) is 10.8. The summed E-state index contributed by atoms with van der Waals surface area (Å²) in [5, 5.41) is 3.09. The molecular formula is C10H18N4. The molecule has 1 rings (SSSR count). The third-order valence-electron chi connectivity index (χ3n) is 2.21. The Morgan fingerprint density at radius 1 is 1.29 bits per heavy atom. The molecule has 1 N–H and O–H groups in total. The van der Waals surface area contributed by atoms with Crippen LogP contribution in [0.5, 0.6) is 0 Å². The first-order valence-electron chi connectivity index (χ1n) is 4.82. The Morgan fingerprint density at radius 2 is 1.93 bits per heavy atom. The molecule has 0 aliphatic carbocycles. The minimum atomic E-state index is 0.761. The second-order valence-corrected chi connectivity index (χ2v) is 3.44. The highest BCUT2D eigenvalue weighted by molar-refractivity contribution is 5.49. The van der Waals surface area contributed by atoms with Crippen molar-refractivity contribution in [3.8, 4) is 0 Å². The topological polar surface area (TPSA) is 41.1 Å². The molecule has 0 radical (unpaired) electrons. The average molecular weight is 194 g/mol. The van der Waals surface area contributed by atoms with Gasteiger partial charge in [-0.15, -0.1) is 0 Å². The number of nitrogens with zero attached hydrogens (tertiary/aromatic N) is 3. The molecule has 0 amide bonds. The van der Waals surface area contributed by atoms with Crippen LogP contribution in [0.15, 0.2) is 0 Å². The summed E-state index contributed by atoms with van der Waals surface area (Å²) >= 11 is 0. The molecule has 0 saturated heterocycles. The average Bonchev–Trinajstić information content (AvgIpc) is 2.17. The molecule has 0 fully saturated rings. The SMILES string of the molecule is CCc1nc(N(C)C)nc(NC)c1C. The molecule has 0 spiro atoms. The summed E-state index contributed by atoms with van der Waals surface area (Å²) < 4.78 is 0. The van der Waals surface area contributed by atoms with E-state index in [-0.39, 0.29) is 0 Å². The summed E-state index contributed by atoms with van der Waals surface area (Å²) in [7, 11) is 5.78. The van der Waals surface area contributed by atoms with Crippen LogP contribution in [0.1, 0.15) is 18.2 Å². The van der Waals surface area contributed by atoms with Crippen LogP contribution >= 0.6 is 0 Å². The molecule has 0 aliphatic rings. The van der Waals surface area contributed by atoms with Gasteiger partial charge < -0.3 is 10.2 Å². The maximum absolute atomic E-state index is 4.47. The molecule has 4 heteroatoms. The highest BCUT2D eigenvalue weighted by atomic mass is 15.2. The van der Waals surface area contributed by atoms with Crippen LogP contribution in [0.2, 0.25) is 0 Å². The molecule has 78 valence electrons. The predicted molar refractivity (Wildman–Crippen MR) is 60.0 cm³/mol. The summed E-state index contributed by atoms with van der Waals surface area (Å²) in [6.07, 6.45) is 0.934.